The molecule has 0 spiro atoms. The van der Waals surface area contributed by atoms with Crippen molar-refractivity contribution < 1.29 is 0 Å². The van der Waals surface area contributed by atoms with E-state index in [-0.39, 0.29) is 0 Å². The van der Waals surface area contributed by atoms with Gasteiger partial charge in [-0.2, -0.15) is 0 Å². The molecule has 1 aliphatic carbocycles. The van der Waals surface area contributed by atoms with Crippen molar-refractivity contribution >= 4 is 0 Å². The molecule has 1 heterocycles. The lowest BCUT2D eigenvalue weighted by Crippen LogP contribution is -2.24. The molecule has 0 saturated heterocycles. The molecule has 1 aromatic rings. The molecule has 0 radical (unpaired) electrons. The highest BCUT2D eigenvalue weighted by Gasteiger charge is 2.24. The Morgan fingerprint density at radius 1 is 1.44 bits per heavy atom. The first-order valence-electron chi connectivity index (χ1n) is 6.40. The molecule has 1 aromatic heterocycles. The van der Waals surface area contributed by atoms with Gasteiger partial charge in [-0.15, -0.1) is 0 Å². The van der Waals surface area contributed by atoms with Crippen LogP contribution in [0.3, 0.4) is 0 Å². The van der Waals surface area contributed by atoms with Crippen molar-refractivity contribution in [1.82, 2.24) is 14.9 Å². The van der Waals surface area contributed by atoms with E-state index in [0.717, 1.165) is 31.0 Å². The number of hydrogen-bond acceptors (Lipinski definition) is 2. The molecule has 3 heteroatoms. The summed E-state index contributed by atoms with van der Waals surface area (Å²) in [5.41, 5.74) is 1.33. The van der Waals surface area contributed by atoms with Crippen LogP contribution in [0.2, 0.25) is 0 Å². The number of imidazole rings is 1. The summed E-state index contributed by atoms with van der Waals surface area (Å²) in [6, 6.07) is 0.738. The number of nitrogens with zero attached hydrogens (tertiary/aromatic N) is 2. The molecule has 16 heavy (non-hydrogen) atoms. The van der Waals surface area contributed by atoms with Gasteiger partial charge in [0, 0.05) is 18.8 Å². The van der Waals surface area contributed by atoms with Crippen molar-refractivity contribution in [1.29, 1.82) is 0 Å². The zero-order chi connectivity index (χ0) is 11.5. The van der Waals surface area contributed by atoms with E-state index in [9.17, 15) is 0 Å². The summed E-state index contributed by atoms with van der Waals surface area (Å²) in [6.07, 6.45) is 6.61. The van der Waals surface area contributed by atoms with Crippen molar-refractivity contribution in [3.63, 3.8) is 0 Å². The minimum Gasteiger partial charge on any atom is -0.330 e. The van der Waals surface area contributed by atoms with E-state index in [2.05, 4.69) is 35.6 Å². The summed E-state index contributed by atoms with van der Waals surface area (Å²) in [5, 5.41) is 3.53. The van der Waals surface area contributed by atoms with E-state index >= 15 is 0 Å². The van der Waals surface area contributed by atoms with E-state index < -0.39 is 0 Å². The van der Waals surface area contributed by atoms with Crippen molar-refractivity contribution in [2.45, 2.75) is 46.2 Å². The van der Waals surface area contributed by atoms with Crippen molar-refractivity contribution in [3.05, 3.63) is 18.2 Å². The van der Waals surface area contributed by atoms with Gasteiger partial charge in [-0.25, -0.2) is 4.98 Å². The zero-order valence-electron chi connectivity index (χ0n) is 10.6. The van der Waals surface area contributed by atoms with Crippen LogP contribution in [0.5, 0.6) is 0 Å². The van der Waals surface area contributed by atoms with Crippen LogP contribution in [0.15, 0.2) is 12.5 Å². The van der Waals surface area contributed by atoms with Crippen LogP contribution in [0.1, 0.15) is 45.3 Å². The van der Waals surface area contributed by atoms with Crippen LogP contribution in [-0.4, -0.2) is 16.1 Å². The van der Waals surface area contributed by atoms with Crippen LogP contribution in [0, 0.1) is 11.8 Å². The van der Waals surface area contributed by atoms with E-state index in [1.807, 2.05) is 12.5 Å². The normalized spacial score (nSPS) is 18.0. The van der Waals surface area contributed by atoms with Gasteiger partial charge in [-0.1, -0.05) is 20.8 Å². The third-order valence-electron chi connectivity index (χ3n) is 3.60. The lowest BCUT2D eigenvalue weighted by atomic mass is 9.98. The topological polar surface area (TPSA) is 29.9 Å². The minimum atomic E-state index is 0.734. The third kappa shape index (κ3) is 2.85. The van der Waals surface area contributed by atoms with Crippen LogP contribution >= 0.6 is 0 Å². The molecule has 0 aliphatic heterocycles. The molecular formula is C13H23N3. The number of nitrogens with one attached hydrogen (secondary N) is 1. The first-order valence-corrected chi connectivity index (χ1v) is 6.40. The monoisotopic (exact) mass is 221 g/mol. The molecule has 90 valence electrons. The van der Waals surface area contributed by atoms with Gasteiger partial charge in [-0.3, -0.25) is 0 Å². The smallest absolute Gasteiger partial charge is 0.0951 e. The largest absolute Gasteiger partial charge is 0.330 e. The maximum absolute atomic E-state index is 4.24. The molecule has 1 atom stereocenters. The van der Waals surface area contributed by atoms with E-state index in [1.165, 1.54) is 18.5 Å². The van der Waals surface area contributed by atoms with Gasteiger partial charge in [0.2, 0.25) is 0 Å². The van der Waals surface area contributed by atoms with Gasteiger partial charge in [0.05, 0.1) is 12.0 Å². The summed E-state index contributed by atoms with van der Waals surface area (Å²) in [6.45, 7) is 8.90. The Bertz CT molecular complexity index is 326. The lowest BCUT2D eigenvalue weighted by Gasteiger charge is -2.16. The van der Waals surface area contributed by atoms with E-state index in [4.69, 9.17) is 0 Å². The van der Waals surface area contributed by atoms with Gasteiger partial charge in [0.25, 0.3) is 0 Å². The van der Waals surface area contributed by atoms with Gasteiger partial charge < -0.3 is 9.88 Å². The molecule has 1 fully saturated rings. The summed E-state index contributed by atoms with van der Waals surface area (Å²) in [5.74, 6) is 1.48. The first-order chi connectivity index (χ1) is 7.68. The Labute approximate surface area is 98.3 Å². The predicted octanol–water partition coefficient (Wildman–Crippen LogP) is 2.60. The average molecular weight is 221 g/mol. The van der Waals surface area contributed by atoms with Crippen molar-refractivity contribution in [3.8, 4) is 0 Å². The van der Waals surface area contributed by atoms with Gasteiger partial charge in [0.1, 0.15) is 0 Å². The highest BCUT2D eigenvalue weighted by atomic mass is 15.1. The summed E-state index contributed by atoms with van der Waals surface area (Å²) in [7, 11) is 0. The highest BCUT2D eigenvalue weighted by molar-refractivity contribution is 5.03. The fourth-order valence-corrected chi connectivity index (χ4v) is 1.81. The minimum absolute atomic E-state index is 0.734. The number of aromatic nitrogens is 2. The molecule has 0 amide bonds. The molecule has 1 unspecified atom stereocenters. The standard InChI is InChI=1S/C13H23N3/c1-10(2)11(3)6-14-7-13-8-15-9-16(13)12-4-5-12/h8-12,14H,4-7H2,1-3H3. The van der Waals surface area contributed by atoms with E-state index in [1.54, 1.807) is 0 Å². The Morgan fingerprint density at radius 2 is 2.19 bits per heavy atom. The zero-order valence-corrected chi connectivity index (χ0v) is 10.6. The van der Waals surface area contributed by atoms with Crippen molar-refractivity contribution in [2.24, 2.45) is 11.8 Å². The summed E-state index contributed by atoms with van der Waals surface area (Å²) in [4.78, 5) is 4.24. The van der Waals surface area contributed by atoms with Gasteiger partial charge in [-0.05, 0) is 31.2 Å². The maximum Gasteiger partial charge on any atom is 0.0951 e. The maximum atomic E-state index is 4.24. The Balaban J connectivity index is 1.78. The quantitative estimate of drug-likeness (QED) is 0.800. The molecule has 0 bridgehead atoms. The lowest BCUT2D eigenvalue weighted by molar-refractivity contribution is 0.390. The summed E-state index contributed by atoms with van der Waals surface area (Å²) < 4.78 is 2.33. The molecule has 1 saturated carbocycles. The average Bonchev–Trinajstić information content (AvgIpc) is 2.99. The third-order valence-corrected chi connectivity index (χ3v) is 3.60. The Kier molecular flexibility index (Phi) is 3.64. The fourth-order valence-electron chi connectivity index (χ4n) is 1.81. The Morgan fingerprint density at radius 3 is 2.81 bits per heavy atom. The molecule has 0 aromatic carbocycles. The second-order valence-corrected chi connectivity index (χ2v) is 5.38. The number of hydrogen-bond donors (Lipinski definition) is 1. The van der Waals surface area contributed by atoms with Gasteiger partial charge >= 0.3 is 0 Å². The highest BCUT2D eigenvalue weighted by Crippen LogP contribution is 2.35. The predicted molar refractivity (Wildman–Crippen MR) is 66.2 cm³/mol. The van der Waals surface area contributed by atoms with E-state index in [0.29, 0.717) is 0 Å². The fraction of sp³-hybridized carbons (Fsp3) is 0.769. The molecule has 2 rings (SSSR count). The van der Waals surface area contributed by atoms with Crippen LogP contribution in [-0.2, 0) is 6.54 Å². The Hall–Kier alpha value is -0.830. The van der Waals surface area contributed by atoms with Crippen LogP contribution in [0.25, 0.3) is 0 Å². The van der Waals surface area contributed by atoms with Gasteiger partial charge in [0.15, 0.2) is 0 Å². The molecule has 1 N–H and O–H groups in total. The van der Waals surface area contributed by atoms with Crippen molar-refractivity contribution in [2.75, 3.05) is 6.54 Å². The second kappa shape index (κ2) is 5.00. The second-order valence-electron chi connectivity index (χ2n) is 5.38. The number of rotatable bonds is 6. The molecule has 1 aliphatic rings. The van der Waals surface area contributed by atoms with Crippen LogP contribution in [0.4, 0.5) is 0 Å². The SMILES string of the molecule is CC(C)C(C)CNCc1cncn1C1CC1. The molecule has 3 nitrogen and oxygen atoms in total. The first kappa shape index (κ1) is 11.6. The molecular weight excluding hydrogens is 198 g/mol. The van der Waals surface area contributed by atoms with Crippen LogP contribution < -0.4 is 5.32 Å². The summed E-state index contributed by atoms with van der Waals surface area (Å²) >= 11 is 0.